The molecule has 1 aliphatic carbocycles. The van der Waals surface area contributed by atoms with Crippen molar-refractivity contribution in [3.63, 3.8) is 0 Å². The quantitative estimate of drug-likeness (QED) is 0.504. The molecule has 1 amide bonds. The molecule has 2 aliphatic rings. The van der Waals surface area contributed by atoms with Crippen molar-refractivity contribution >= 4 is 27.3 Å². The lowest BCUT2D eigenvalue weighted by Gasteiger charge is -2.31. The topological polar surface area (TPSA) is 90.5 Å². The van der Waals surface area contributed by atoms with Gasteiger partial charge in [-0.15, -0.1) is 0 Å². The third-order valence-corrected chi connectivity index (χ3v) is 8.28. The van der Waals surface area contributed by atoms with E-state index in [0.717, 1.165) is 31.9 Å². The predicted molar refractivity (Wildman–Crippen MR) is 142 cm³/mol. The van der Waals surface area contributed by atoms with Gasteiger partial charge in [0.1, 0.15) is 0 Å². The molecule has 1 heterocycles. The zero-order chi connectivity index (χ0) is 24.8. The normalized spacial score (nSPS) is 17.4. The number of anilines is 2. The average Bonchev–Trinajstić information content (AvgIpc) is 2.88. The van der Waals surface area contributed by atoms with Crippen molar-refractivity contribution in [2.75, 3.05) is 42.3 Å². The number of sulfonamides is 1. The summed E-state index contributed by atoms with van der Waals surface area (Å²) in [5.74, 6) is 0.644. The summed E-state index contributed by atoms with van der Waals surface area (Å²) >= 11 is 0. The summed E-state index contributed by atoms with van der Waals surface area (Å²) in [6, 6.07) is 12.6. The minimum atomic E-state index is -3.81. The molecule has 1 saturated heterocycles. The van der Waals surface area contributed by atoms with Crippen molar-refractivity contribution in [2.45, 2.75) is 56.8 Å². The van der Waals surface area contributed by atoms with Crippen molar-refractivity contribution in [3.8, 4) is 0 Å². The third kappa shape index (κ3) is 6.55. The van der Waals surface area contributed by atoms with Gasteiger partial charge in [-0.25, -0.2) is 8.42 Å². The molecule has 35 heavy (non-hydrogen) atoms. The van der Waals surface area contributed by atoms with E-state index in [-0.39, 0.29) is 10.8 Å². The zero-order valence-electron chi connectivity index (χ0n) is 20.8. The van der Waals surface area contributed by atoms with Crippen molar-refractivity contribution in [2.24, 2.45) is 5.92 Å². The van der Waals surface area contributed by atoms with Gasteiger partial charge < -0.3 is 15.5 Å². The molecule has 8 heteroatoms. The number of hydrogen-bond donors (Lipinski definition) is 3. The Bertz CT molecular complexity index is 1100. The smallest absolute Gasteiger partial charge is 0.261 e. The van der Waals surface area contributed by atoms with Crippen LogP contribution < -0.4 is 20.3 Å². The maximum absolute atomic E-state index is 13.4. The highest BCUT2D eigenvalue weighted by atomic mass is 32.2. The third-order valence-electron chi connectivity index (χ3n) is 6.90. The van der Waals surface area contributed by atoms with Crippen LogP contribution >= 0.6 is 0 Å². The fourth-order valence-corrected chi connectivity index (χ4v) is 5.96. The maximum atomic E-state index is 13.4. The van der Waals surface area contributed by atoms with E-state index in [4.69, 9.17) is 0 Å². The first-order chi connectivity index (χ1) is 16.8. The van der Waals surface area contributed by atoms with Gasteiger partial charge in [0.05, 0.1) is 16.3 Å². The minimum Gasteiger partial charge on any atom is -0.367 e. The molecule has 0 bridgehead atoms. The summed E-state index contributed by atoms with van der Waals surface area (Å²) in [6.45, 7) is 7.82. The van der Waals surface area contributed by atoms with E-state index < -0.39 is 10.0 Å². The highest BCUT2D eigenvalue weighted by Gasteiger charge is 2.22. The number of piperazine rings is 1. The van der Waals surface area contributed by atoms with E-state index >= 15 is 0 Å². The molecule has 0 unspecified atom stereocenters. The fourth-order valence-electron chi connectivity index (χ4n) is 4.90. The molecule has 0 radical (unpaired) electrons. The zero-order valence-corrected chi connectivity index (χ0v) is 21.7. The Balaban J connectivity index is 1.59. The molecule has 1 saturated carbocycles. The first kappa shape index (κ1) is 25.5. The number of amides is 1. The molecule has 0 aromatic heterocycles. The monoisotopic (exact) mass is 498 g/mol. The molecule has 190 valence electrons. The summed E-state index contributed by atoms with van der Waals surface area (Å²) in [6.07, 6.45) is 6.11. The molecule has 2 fully saturated rings. The summed E-state index contributed by atoms with van der Waals surface area (Å²) in [5, 5.41) is 6.24. The number of benzene rings is 2. The molecule has 2 aromatic rings. The Labute approximate surface area is 209 Å². The van der Waals surface area contributed by atoms with Gasteiger partial charge in [-0.2, -0.15) is 0 Å². The van der Waals surface area contributed by atoms with Crippen LogP contribution in [0.3, 0.4) is 0 Å². The Kier molecular flexibility index (Phi) is 8.34. The van der Waals surface area contributed by atoms with Gasteiger partial charge in [0.25, 0.3) is 15.9 Å². The number of carbonyl (C=O) groups excluding carboxylic acids is 1. The lowest BCUT2D eigenvalue weighted by atomic mass is 9.84. The van der Waals surface area contributed by atoms with E-state index in [2.05, 4.69) is 20.3 Å². The van der Waals surface area contributed by atoms with Gasteiger partial charge in [0.15, 0.2) is 0 Å². The maximum Gasteiger partial charge on any atom is 0.261 e. The second-order valence-electron chi connectivity index (χ2n) is 10.1. The Hall–Kier alpha value is -2.58. The van der Waals surface area contributed by atoms with E-state index in [1.165, 1.54) is 37.7 Å². The summed E-state index contributed by atoms with van der Waals surface area (Å²) in [4.78, 5) is 15.1. The second-order valence-corrected chi connectivity index (χ2v) is 11.8. The Morgan fingerprint density at radius 3 is 2.37 bits per heavy atom. The highest BCUT2D eigenvalue weighted by Crippen LogP contribution is 2.34. The number of carbonyl (C=O) groups is 1. The SMILES string of the molecule is CC(C)CNC(=O)c1ccc(N2CCNCC2)c(NS(=O)(=O)c2ccc(C3CCCCC3)cc2)c1. The molecule has 1 aliphatic heterocycles. The van der Waals surface area contributed by atoms with E-state index in [1.54, 1.807) is 24.3 Å². The predicted octanol–water partition coefficient (Wildman–Crippen LogP) is 4.33. The van der Waals surface area contributed by atoms with Crippen LogP contribution in [0.4, 0.5) is 11.4 Å². The van der Waals surface area contributed by atoms with Crippen LogP contribution in [0.1, 0.15) is 67.8 Å². The van der Waals surface area contributed by atoms with Gasteiger partial charge in [-0.3, -0.25) is 9.52 Å². The number of rotatable bonds is 8. The number of nitrogens with one attached hydrogen (secondary N) is 3. The molecule has 7 nitrogen and oxygen atoms in total. The summed E-state index contributed by atoms with van der Waals surface area (Å²) < 4.78 is 29.5. The van der Waals surface area contributed by atoms with Gasteiger partial charge in [-0.05, 0) is 60.6 Å². The van der Waals surface area contributed by atoms with Crippen molar-refractivity contribution in [1.29, 1.82) is 0 Å². The van der Waals surface area contributed by atoms with Crippen molar-refractivity contribution in [1.82, 2.24) is 10.6 Å². The number of hydrogen-bond acceptors (Lipinski definition) is 5. The van der Waals surface area contributed by atoms with Crippen LogP contribution in [0.5, 0.6) is 0 Å². The van der Waals surface area contributed by atoms with E-state index in [1.807, 2.05) is 32.0 Å². The van der Waals surface area contributed by atoms with Crippen LogP contribution in [0.25, 0.3) is 0 Å². The van der Waals surface area contributed by atoms with Crippen LogP contribution in [0, 0.1) is 5.92 Å². The Morgan fingerprint density at radius 2 is 1.71 bits per heavy atom. The first-order valence-electron chi connectivity index (χ1n) is 12.8. The van der Waals surface area contributed by atoms with Crippen LogP contribution in [-0.2, 0) is 10.0 Å². The number of nitrogens with zero attached hydrogens (tertiary/aromatic N) is 1. The Morgan fingerprint density at radius 1 is 1.03 bits per heavy atom. The molecule has 3 N–H and O–H groups in total. The summed E-state index contributed by atoms with van der Waals surface area (Å²) in [5.41, 5.74) is 2.87. The van der Waals surface area contributed by atoms with Crippen molar-refractivity contribution in [3.05, 3.63) is 53.6 Å². The lowest BCUT2D eigenvalue weighted by Crippen LogP contribution is -2.43. The highest BCUT2D eigenvalue weighted by molar-refractivity contribution is 7.92. The first-order valence-corrected chi connectivity index (χ1v) is 14.3. The molecule has 2 aromatic carbocycles. The minimum absolute atomic E-state index is 0.206. The van der Waals surface area contributed by atoms with Gasteiger partial charge in [-0.1, -0.05) is 45.2 Å². The molecule has 0 atom stereocenters. The standard InChI is InChI=1S/C27H38N4O3S/c1-20(2)19-29-27(32)23-10-13-26(31-16-14-28-15-17-31)25(18-23)30-35(33,34)24-11-8-22(9-12-24)21-6-4-3-5-7-21/h8-13,18,20-21,28,30H,3-7,14-17,19H2,1-2H3,(H,29,32). The van der Waals surface area contributed by atoms with E-state index in [9.17, 15) is 13.2 Å². The lowest BCUT2D eigenvalue weighted by molar-refractivity contribution is 0.0949. The van der Waals surface area contributed by atoms with Crippen LogP contribution in [0.2, 0.25) is 0 Å². The molecule has 4 rings (SSSR count). The second kappa shape index (κ2) is 11.4. The van der Waals surface area contributed by atoms with Crippen LogP contribution in [0.15, 0.2) is 47.4 Å². The average molecular weight is 499 g/mol. The van der Waals surface area contributed by atoms with E-state index in [0.29, 0.717) is 29.6 Å². The fraction of sp³-hybridized carbons (Fsp3) is 0.519. The largest absolute Gasteiger partial charge is 0.367 e. The van der Waals surface area contributed by atoms with Crippen LogP contribution in [-0.4, -0.2) is 47.0 Å². The van der Waals surface area contributed by atoms with Gasteiger partial charge >= 0.3 is 0 Å². The molecular formula is C27H38N4O3S. The van der Waals surface area contributed by atoms with Gasteiger partial charge in [0.2, 0.25) is 0 Å². The molecular weight excluding hydrogens is 460 g/mol. The van der Waals surface area contributed by atoms with Gasteiger partial charge in [0, 0.05) is 38.3 Å². The van der Waals surface area contributed by atoms with Crippen molar-refractivity contribution < 1.29 is 13.2 Å². The summed E-state index contributed by atoms with van der Waals surface area (Å²) in [7, 11) is -3.81. The molecule has 0 spiro atoms.